The third-order valence-corrected chi connectivity index (χ3v) is 5.95. The number of allylic oxidation sites excluding steroid dienone is 2. The molecule has 1 saturated heterocycles. The Morgan fingerprint density at radius 3 is 2.50 bits per heavy atom. The van der Waals surface area contributed by atoms with Crippen molar-refractivity contribution in [2.75, 3.05) is 0 Å². The number of carbonyl (C=O) groups is 2. The average molecular weight is 277 g/mol. The lowest BCUT2D eigenvalue weighted by Crippen LogP contribution is -2.53. The second-order valence-electron chi connectivity index (χ2n) is 7.34. The average Bonchev–Trinajstić information content (AvgIpc) is 2.67. The Balaban J connectivity index is 2.26. The molecule has 0 aromatic rings. The van der Waals surface area contributed by atoms with Gasteiger partial charge in [0.2, 0.25) is 11.8 Å². The van der Waals surface area contributed by atoms with E-state index < -0.39 is 0 Å². The second-order valence-corrected chi connectivity index (χ2v) is 7.34. The molecule has 0 aromatic carbocycles. The van der Waals surface area contributed by atoms with E-state index in [-0.39, 0.29) is 34.6 Å². The zero-order valence-corrected chi connectivity index (χ0v) is 13.6. The molecular formula is C17H27NO2. The van der Waals surface area contributed by atoms with E-state index in [1.807, 2.05) is 26.8 Å². The van der Waals surface area contributed by atoms with Gasteiger partial charge in [0, 0.05) is 11.8 Å². The maximum Gasteiger partial charge on any atom is 0.233 e. The summed E-state index contributed by atoms with van der Waals surface area (Å²) in [5.41, 5.74) is 0.797. The summed E-state index contributed by atoms with van der Waals surface area (Å²) in [4.78, 5) is 27.0. The molecule has 0 radical (unpaired) electrons. The Kier molecular flexibility index (Phi) is 3.60. The van der Waals surface area contributed by atoms with Crippen molar-refractivity contribution in [3.63, 3.8) is 0 Å². The zero-order chi connectivity index (χ0) is 15.3. The van der Waals surface area contributed by atoms with Gasteiger partial charge in [0.25, 0.3) is 0 Å². The number of rotatable bonds is 3. The number of likely N-dealkylation sites (tertiary alicyclic amines) is 1. The number of imide groups is 1. The van der Waals surface area contributed by atoms with Crippen LogP contribution in [0.25, 0.3) is 0 Å². The van der Waals surface area contributed by atoms with E-state index in [1.165, 1.54) is 5.57 Å². The highest BCUT2D eigenvalue weighted by atomic mass is 16.2. The quantitative estimate of drug-likeness (QED) is 0.740. The second kappa shape index (κ2) is 4.71. The highest BCUT2D eigenvalue weighted by Crippen LogP contribution is 2.59. The maximum atomic E-state index is 12.8. The van der Waals surface area contributed by atoms with Gasteiger partial charge in [0.15, 0.2) is 0 Å². The topological polar surface area (TPSA) is 37.4 Å². The van der Waals surface area contributed by atoms with Crippen molar-refractivity contribution < 1.29 is 9.59 Å². The first kappa shape index (κ1) is 15.3. The molecule has 0 N–H and O–H groups in total. The van der Waals surface area contributed by atoms with Gasteiger partial charge in [-0.3, -0.25) is 14.5 Å². The SMILES string of the molecule is C/C=C(\C)C[C@H](C)C(=O)N1C(=O)[C@@H]2CC[C@@]1(C)C2(C)C. The van der Waals surface area contributed by atoms with Crippen LogP contribution < -0.4 is 0 Å². The molecule has 1 aliphatic carbocycles. The predicted octanol–water partition coefficient (Wildman–Crippen LogP) is 3.54. The molecule has 2 bridgehead atoms. The Morgan fingerprint density at radius 1 is 1.45 bits per heavy atom. The molecule has 3 heteroatoms. The standard InChI is InChI=1S/C17H27NO2/c1-7-11(2)10-12(3)14(19)18-15(20)13-8-9-17(18,6)16(13,4)5/h7,12-13H,8-10H2,1-6H3/b11-7+/t12-,13-,17-/m0/s1. The van der Waals surface area contributed by atoms with E-state index in [4.69, 9.17) is 0 Å². The first-order chi connectivity index (χ1) is 9.16. The molecule has 2 amide bonds. The van der Waals surface area contributed by atoms with E-state index in [2.05, 4.69) is 20.8 Å². The van der Waals surface area contributed by atoms with Crippen molar-refractivity contribution in [3.8, 4) is 0 Å². The minimum absolute atomic E-state index is 0.00831. The van der Waals surface area contributed by atoms with E-state index in [1.54, 1.807) is 4.90 Å². The number of amides is 2. The van der Waals surface area contributed by atoms with Gasteiger partial charge in [-0.2, -0.15) is 0 Å². The number of hydrogen-bond donors (Lipinski definition) is 0. The maximum absolute atomic E-state index is 12.8. The van der Waals surface area contributed by atoms with E-state index in [9.17, 15) is 9.59 Å². The number of fused-ring (bicyclic) bond motifs is 2. The van der Waals surface area contributed by atoms with Crippen LogP contribution in [0.2, 0.25) is 0 Å². The lowest BCUT2D eigenvalue weighted by atomic mass is 9.74. The van der Waals surface area contributed by atoms with E-state index >= 15 is 0 Å². The number of carbonyl (C=O) groups excluding carboxylic acids is 2. The summed E-state index contributed by atoms with van der Waals surface area (Å²) in [7, 11) is 0. The summed E-state index contributed by atoms with van der Waals surface area (Å²) in [6.07, 6.45) is 4.64. The lowest BCUT2D eigenvalue weighted by Gasteiger charge is -2.41. The van der Waals surface area contributed by atoms with Crippen LogP contribution in [0.4, 0.5) is 0 Å². The van der Waals surface area contributed by atoms with Gasteiger partial charge in [-0.05, 0) is 45.4 Å². The normalized spacial score (nSPS) is 33.7. The van der Waals surface area contributed by atoms with Crippen molar-refractivity contribution in [1.82, 2.24) is 4.90 Å². The van der Waals surface area contributed by atoms with Crippen LogP contribution in [0.3, 0.4) is 0 Å². The summed E-state index contributed by atoms with van der Waals surface area (Å²) in [5, 5.41) is 0. The Bertz CT molecular complexity index is 477. The summed E-state index contributed by atoms with van der Waals surface area (Å²) < 4.78 is 0. The molecule has 3 nitrogen and oxygen atoms in total. The van der Waals surface area contributed by atoms with Crippen LogP contribution in [0, 0.1) is 17.3 Å². The lowest BCUT2D eigenvalue weighted by molar-refractivity contribution is -0.153. The van der Waals surface area contributed by atoms with Gasteiger partial charge in [0.05, 0.1) is 5.54 Å². The summed E-state index contributed by atoms with van der Waals surface area (Å²) >= 11 is 0. The van der Waals surface area contributed by atoms with Gasteiger partial charge >= 0.3 is 0 Å². The van der Waals surface area contributed by atoms with Crippen LogP contribution in [0.5, 0.6) is 0 Å². The monoisotopic (exact) mass is 277 g/mol. The molecule has 0 spiro atoms. The molecule has 2 fully saturated rings. The third-order valence-electron chi connectivity index (χ3n) is 5.95. The Hall–Kier alpha value is -1.12. The molecule has 2 rings (SSSR count). The van der Waals surface area contributed by atoms with Crippen LogP contribution in [-0.4, -0.2) is 22.3 Å². The van der Waals surface area contributed by atoms with Crippen LogP contribution in [0.1, 0.15) is 60.8 Å². The smallest absolute Gasteiger partial charge is 0.233 e. The van der Waals surface area contributed by atoms with E-state index in [0.29, 0.717) is 0 Å². The predicted molar refractivity (Wildman–Crippen MR) is 80.0 cm³/mol. The third kappa shape index (κ3) is 1.86. The van der Waals surface area contributed by atoms with Gasteiger partial charge < -0.3 is 0 Å². The van der Waals surface area contributed by atoms with Gasteiger partial charge in [-0.25, -0.2) is 0 Å². The van der Waals surface area contributed by atoms with Crippen molar-refractivity contribution >= 4 is 11.8 Å². The molecule has 1 aliphatic heterocycles. The first-order valence-corrected chi connectivity index (χ1v) is 7.66. The molecule has 3 atom stereocenters. The minimum atomic E-state index is -0.302. The van der Waals surface area contributed by atoms with Crippen molar-refractivity contribution in [3.05, 3.63) is 11.6 Å². The zero-order valence-electron chi connectivity index (χ0n) is 13.6. The van der Waals surface area contributed by atoms with Crippen molar-refractivity contribution in [1.29, 1.82) is 0 Å². The molecule has 2 aliphatic rings. The molecule has 112 valence electrons. The van der Waals surface area contributed by atoms with Gasteiger partial charge in [-0.15, -0.1) is 0 Å². The van der Waals surface area contributed by atoms with Crippen LogP contribution in [0.15, 0.2) is 11.6 Å². The fraction of sp³-hybridized carbons (Fsp3) is 0.765. The van der Waals surface area contributed by atoms with Gasteiger partial charge in [-0.1, -0.05) is 32.4 Å². The largest absolute Gasteiger partial charge is 0.276 e. The number of piperidine rings is 1. The Labute approximate surface area is 122 Å². The van der Waals surface area contributed by atoms with Crippen molar-refractivity contribution in [2.24, 2.45) is 17.3 Å². The number of hydrogen-bond acceptors (Lipinski definition) is 2. The molecule has 1 saturated carbocycles. The fourth-order valence-corrected chi connectivity index (χ4v) is 3.98. The van der Waals surface area contributed by atoms with Gasteiger partial charge in [0.1, 0.15) is 0 Å². The summed E-state index contributed by atoms with van der Waals surface area (Å²) in [6, 6.07) is 0. The van der Waals surface area contributed by atoms with E-state index in [0.717, 1.165) is 19.3 Å². The highest BCUT2D eigenvalue weighted by molar-refractivity contribution is 6.01. The number of nitrogens with zero attached hydrogens (tertiary/aromatic N) is 1. The molecule has 0 unspecified atom stereocenters. The minimum Gasteiger partial charge on any atom is -0.276 e. The molecule has 0 aromatic heterocycles. The van der Waals surface area contributed by atoms with Crippen LogP contribution >= 0.6 is 0 Å². The molecular weight excluding hydrogens is 250 g/mol. The summed E-state index contributed by atoms with van der Waals surface area (Å²) in [6.45, 7) is 12.3. The molecule has 20 heavy (non-hydrogen) atoms. The Morgan fingerprint density at radius 2 is 2.05 bits per heavy atom. The van der Waals surface area contributed by atoms with Crippen molar-refractivity contribution in [2.45, 2.75) is 66.3 Å². The first-order valence-electron chi connectivity index (χ1n) is 7.66. The fourth-order valence-electron chi connectivity index (χ4n) is 3.98. The highest BCUT2D eigenvalue weighted by Gasteiger charge is 2.66. The van der Waals surface area contributed by atoms with Crippen LogP contribution in [-0.2, 0) is 9.59 Å². The summed E-state index contributed by atoms with van der Waals surface area (Å²) in [5.74, 6) is -0.0405. The molecule has 1 heterocycles.